The molecule has 0 unspecified atom stereocenters. The molecule has 1 aromatic carbocycles. The molecule has 0 saturated heterocycles. The Morgan fingerprint density at radius 2 is 1.93 bits per heavy atom. The molecule has 0 bridgehead atoms. The van der Waals surface area contributed by atoms with Crippen LogP contribution in [0.5, 0.6) is 0 Å². The number of esters is 1. The summed E-state index contributed by atoms with van der Waals surface area (Å²) < 4.78 is 5.08. The molecule has 1 saturated carbocycles. The summed E-state index contributed by atoms with van der Waals surface area (Å²) in [5, 5.41) is 5.79. The van der Waals surface area contributed by atoms with E-state index in [1.165, 1.54) is 17.4 Å². The summed E-state index contributed by atoms with van der Waals surface area (Å²) in [6.07, 6.45) is 4.36. The van der Waals surface area contributed by atoms with Crippen LogP contribution < -0.4 is 16.4 Å². The Hall–Kier alpha value is -3.20. The number of carbonyl (C=O) groups excluding carboxylic acids is 4. The zero-order valence-corrected chi connectivity index (χ0v) is 17.0. The number of nitrogens with two attached hydrogens (primary N) is 1. The molecule has 3 amide bonds. The molecule has 8 nitrogen and oxygen atoms in total. The summed E-state index contributed by atoms with van der Waals surface area (Å²) in [7, 11) is 0. The van der Waals surface area contributed by atoms with Gasteiger partial charge in [0.05, 0.1) is 11.1 Å². The molecule has 30 heavy (non-hydrogen) atoms. The smallest absolute Gasteiger partial charge is 0.338 e. The first-order valence-electron chi connectivity index (χ1n) is 9.74. The van der Waals surface area contributed by atoms with E-state index in [9.17, 15) is 19.2 Å². The maximum atomic E-state index is 12.3. The summed E-state index contributed by atoms with van der Waals surface area (Å²) in [5.74, 6) is -1.83. The second-order valence-corrected chi connectivity index (χ2v) is 8.50. The molecule has 1 fully saturated rings. The van der Waals surface area contributed by atoms with Crippen molar-refractivity contribution in [1.82, 2.24) is 0 Å². The number of amides is 3. The topological polar surface area (TPSA) is 128 Å². The lowest BCUT2D eigenvalue weighted by Crippen LogP contribution is -2.22. The highest BCUT2D eigenvalue weighted by atomic mass is 32.1. The zero-order chi connectivity index (χ0) is 21.3. The van der Waals surface area contributed by atoms with E-state index in [4.69, 9.17) is 10.5 Å². The van der Waals surface area contributed by atoms with Crippen molar-refractivity contribution in [2.75, 3.05) is 17.2 Å². The highest BCUT2D eigenvalue weighted by molar-refractivity contribution is 7.17. The predicted molar refractivity (Wildman–Crippen MR) is 112 cm³/mol. The third kappa shape index (κ3) is 4.35. The van der Waals surface area contributed by atoms with Gasteiger partial charge in [-0.25, -0.2) is 4.79 Å². The number of anilines is 2. The number of ether oxygens (including phenoxy) is 1. The van der Waals surface area contributed by atoms with Gasteiger partial charge in [-0.15, -0.1) is 11.3 Å². The largest absolute Gasteiger partial charge is 0.452 e. The van der Waals surface area contributed by atoms with Gasteiger partial charge in [-0.1, -0.05) is 6.07 Å². The second kappa shape index (κ2) is 8.27. The number of primary amides is 1. The highest BCUT2D eigenvalue weighted by Crippen LogP contribution is 2.38. The van der Waals surface area contributed by atoms with Crippen LogP contribution >= 0.6 is 11.3 Å². The predicted octanol–water partition coefficient (Wildman–Crippen LogP) is 2.48. The standard InChI is InChI=1S/C21H21N3O5S/c22-18(26)17-14-5-2-6-15(14)30-20(17)24-16(25)10-29-21(28)12-3-1-4-13(9-12)23-19(27)11-7-8-11/h1,3-4,9,11H,2,5-8,10H2,(H2,22,26)(H,23,27)(H,24,25). The third-order valence-electron chi connectivity index (χ3n) is 5.07. The lowest BCUT2D eigenvalue weighted by Gasteiger charge is -2.09. The lowest BCUT2D eigenvalue weighted by molar-refractivity contribution is -0.119. The van der Waals surface area contributed by atoms with Gasteiger partial charge >= 0.3 is 5.97 Å². The molecule has 1 aromatic heterocycles. The van der Waals surface area contributed by atoms with Crippen LogP contribution in [-0.4, -0.2) is 30.3 Å². The summed E-state index contributed by atoms with van der Waals surface area (Å²) in [4.78, 5) is 49.2. The minimum Gasteiger partial charge on any atom is -0.452 e. The fraction of sp³-hybridized carbons (Fsp3) is 0.333. The monoisotopic (exact) mass is 427 g/mol. The van der Waals surface area contributed by atoms with Crippen molar-refractivity contribution in [1.29, 1.82) is 0 Å². The van der Waals surface area contributed by atoms with Crippen LogP contribution in [0.4, 0.5) is 10.7 Å². The Morgan fingerprint density at radius 1 is 1.13 bits per heavy atom. The quantitative estimate of drug-likeness (QED) is 0.585. The van der Waals surface area contributed by atoms with Crippen LogP contribution in [0.3, 0.4) is 0 Å². The Morgan fingerprint density at radius 3 is 2.67 bits per heavy atom. The van der Waals surface area contributed by atoms with Gasteiger partial charge in [0.25, 0.3) is 11.8 Å². The first kappa shape index (κ1) is 20.1. The van der Waals surface area contributed by atoms with Crippen molar-refractivity contribution in [3.8, 4) is 0 Å². The van der Waals surface area contributed by atoms with Crippen molar-refractivity contribution in [3.05, 3.63) is 45.8 Å². The number of hydrogen-bond acceptors (Lipinski definition) is 6. The van der Waals surface area contributed by atoms with E-state index < -0.39 is 24.4 Å². The van der Waals surface area contributed by atoms with E-state index in [1.807, 2.05) is 0 Å². The zero-order valence-electron chi connectivity index (χ0n) is 16.2. The van der Waals surface area contributed by atoms with Gasteiger partial charge < -0.3 is 21.1 Å². The molecule has 2 aliphatic rings. The average Bonchev–Trinajstić information content (AvgIpc) is 3.38. The van der Waals surface area contributed by atoms with Crippen LogP contribution in [0.25, 0.3) is 0 Å². The number of benzene rings is 1. The van der Waals surface area contributed by atoms with Crippen LogP contribution in [-0.2, 0) is 27.2 Å². The number of hydrogen-bond donors (Lipinski definition) is 3. The van der Waals surface area contributed by atoms with E-state index in [0.29, 0.717) is 16.3 Å². The molecule has 4 N–H and O–H groups in total. The Bertz CT molecular complexity index is 1040. The van der Waals surface area contributed by atoms with Crippen molar-refractivity contribution < 1.29 is 23.9 Å². The Labute approximate surface area is 176 Å². The fourth-order valence-corrected chi connectivity index (χ4v) is 4.75. The molecular formula is C21H21N3O5S. The number of thiophene rings is 1. The van der Waals surface area contributed by atoms with E-state index in [1.54, 1.807) is 18.2 Å². The lowest BCUT2D eigenvalue weighted by atomic mass is 10.1. The van der Waals surface area contributed by atoms with Gasteiger partial charge in [0.15, 0.2) is 6.61 Å². The van der Waals surface area contributed by atoms with Gasteiger partial charge in [0, 0.05) is 16.5 Å². The SMILES string of the molecule is NC(=O)c1c(NC(=O)COC(=O)c2cccc(NC(=O)C3CC3)c2)sc2c1CCC2. The summed E-state index contributed by atoms with van der Waals surface area (Å²) in [6.45, 7) is -0.502. The summed E-state index contributed by atoms with van der Waals surface area (Å²) >= 11 is 1.34. The van der Waals surface area contributed by atoms with Gasteiger partial charge in [-0.2, -0.15) is 0 Å². The van der Waals surface area contributed by atoms with Crippen molar-refractivity contribution in [3.63, 3.8) is 0 Å². The van der Waals surface area contributed by atoms with Crippen LogP contribution in [0.1, 0.15) is 50.4 Å². The molecule has 156 valence electrons. The molecule has 0 atom stereocenters. The minimum atomic E-state index is -0.684. The van der Waals surface area contributed by atoms with Crippen molar-refractivity contribution in [2.24, 2.45) is 11.7 Å². The maximum absolute atomic E-state index is 12.3. The van der Waals surface area contributed by atoms with Gasteiger partial charge in [0.2, 0.25) is 5.91 Å². The molecule has 1 heterocycles. The van der Waals surface area contributed by atoms with E-state index in [2.05, 4.69) is 10.6 Å². The molecule has 0 spiro atoms. The summed E-state index contributed by atoms with van der Waals surface area (Å²) in [6, 6.07) is 6.37. The Kier molecular flexibility index (Phi) is 5.54. The number of fused-ring (bicyclic) bond motifs is 1. The number of nitrogens with one attached hydrogen (secondary N) is 2. The van der Waals surface area contributed by atoms with E-state index in [-0.39, 0.29) is 17.4 Å². The van der Waals surface area contributed by atoms with E-state index >= 15 is 0 Å². The van der Waals surface area contributed by atoms with Crippen molar-refractivity contribution >= 4 is 45.7 Å². The maximum Gasteiger partial charge on any atom is 0.338 e. The molecular weight excluding hydrogens is 406 g/mol. The minimum absolute atomic E-state index is 0.0493. The van der Waals surface area contributed by atoms with Crippen molar-refractivity contribution in [2.45, 2.75) is 32.1 Å². The van der Waals surface area contributed by atoms with Gasteiger partial charge in [-0.3, -0.25) is 14.4 Å². The Balaban J connectivity index is 1.35. The van der Waals surface area contributed by atoms with Gasteiger partial charge in [-0.05, 0) is 55.9 Å². The van der Waals surface area contributed by atoms with Crippen LogP contribution in [0.15, 0.2) is 24.3 Å². The molecule has 9 heteroatoms. The highest BCUT2D eigenvalue weighted by Gasteiger charge is 2.29. The third-order valence-corrected chi connectivity index (χ3v) is 6.28. The molecule has 0 aliphatic heterocycles. The normalized spacial score (nSPS) is 14.7. The van der Waals surface area contributed by atoms with E-state index in [0.717, 1.165) is 42.5 Å². The van der Waals surface area contributed by atoms with Gasteiger partial charge in [0.1, 0.15) is 5.00 Å². The van der Waals surface area contributed by atoms with Crippen LogP contribution in [0, 0.1) is 5.92 Å². The summed E-state index contributed by atoms with van der Waals surface area (Å²) in [5.41, 5.74) is 7.47. The average molecular weight is 427 g/mol. The number of aryl methyl sites for hydroxylation is 1. The fourth-order valence-electron chi connectivity index (χ4n) is 3.44. The second-order valence-electron chi connectivity index (χ2n) is 7.39. The molecule has 0 radical (unpaired) electrons. The van der Waals surface area contributed by atoms with Crippen LogP contribution in [0.2, 0.25) is 0 Å². The number of rotatable bonds is 7. The molecule has 4 rings (SSSR count). The molecule has 2 aromatic rings. The number of carbonyl (C=O) groups is 4. The molecule has 2 aliphatic carbocycles. The first-order chi connectivity index (χ1) is 14.4. The first-order valence-corrected chi connectivity index (χ1v) is 10.6.